The predicted octanol–water partition coefficient (Wildman–Crippen LogP) is 0.313. The first-order valence-electron chi connectivity index (χ1n) is 6.84. The molecule has 1 N–H and O–H groups in total. The third-order valence-corrected chi connectivity index (χ3v) is 3.59. The van der Waals surface area contributed by atoms with E-state index in [9.17, 15) is 9.90 Å². The van der Waals surface area contributed by atoms with Crippen LogP contribution in [0.1, 0.15) is 19.7 Å². The van der Waals surface area contributed by atoms with Crippen LogP contribution in [0.15, 0.2) is 23.3 Å². The highest BCUT2D eigenvalue weighted by Gasteiger charge is 2.21. The molecule has 0 atom stereocenters. The summed E-state index contributed by atoms with van der Waals surface area (Å²) in [4.78, 5) is 21.1. The van der Waals surface area contributed by atoms with Crippen LogP contribution in [-0.2, 0) is 16.9 Å². The molecule has 0 aliphatic carbocycles. The smallest absolute Gasteiger partial charge is 0.262 e. The molecule has 8 heteroatoms. The highest BCUT2D eigenvalue weighted by Crippen LogP contribution is 2.15. The molecule has 0 aromatic carbocycles. The molecule has 0 aliphatic heterocycles. The summed E-state index contributed by atoms with van der Waals surface area (Å²) in [6, 6.07) is 1.77. The number of hydrogen-bond acceptors (Lipinski definition) is 6. The molecule has 0 bridgehead atoms. The lowest BCUT2D eigenvalue weighted by Gasteiger charge is -2.25. The first-order chi connectivity index (χ1) is 10.5. The summed E-state index contributed by atoms with van der Waals surface area (Å²) in [6.07, 6.45) is 3.14. The third-order valence-electron chi connectivity index (χ3n) is 3.59. The number of hydrogen-bond donors (Lipinski definition) is 1. The minimum absolute atomic E-state index is 0.143. The number of fused-ring (bicyclic) bond motifs is 3. The molecule has 0 saturated heterocycles. The summed E-state index contributed by atoms with van der Waals surface area (Å²) >= 11 is 0. The van der Waals surface area contributed by atoms with Crippen molar-refractivity contribution in [1.82, 2.24) is 24.1 Å². The second kappa shape index (κ2) is 5.15. The topological polar surface area (TPSA) is 94.5 Å². The summed E-state index contributed by atoms with van der Waals surface area (Å²) in [5.74, 6) is 0.917. The molecule has 0 radical (unpaired) electrons. The van der Waals surface area contributed by atoms with E-state index in [0.29, 0.717) is 22.5 Å². The van der Waals surface area contributed by atoms with Gasteiger partial charge in [0.05, 0.1) is 23.0 Å². The molecule has 0 saturated carbocycles. The summed E-state index contributed by atoms with van der Waals surface area (Å²) in [6.45, 7) is 3.71. The van der Waals surface area contributed by atoms with E-state index in [-0.39, 0.29) is 18.8 Å². The lowest BCUT2D eigenvalue weighted by atomic mass is 10.1. The van der Waals surface area contributed by atoms with Gasteiger partial charge in [0.1, 0.15) is 6.61 Å². The zero-order valence-corrected chi connectivity index (χ0v) is 12.6. The van der Waals surface area contributed by atoms with Gasteiger partial charge in [-0.2, -0.15) is 9.50 Å². The van der Waals surface area contributed by atoms with Crippen molar-refractivity contribution in [3.63, 3.8) is 0 Å². The average Bonchev–Trinajstić information content (AvgIpc) is 2.90. The number of aliphatic hydroxyl groups excluding tert-OH is 1. The van der Waals surface area contributed by atoms with Crippen molar-refractivity contribution in [3.05, 3.63) is 34.6 Å². The van der Waals surface area contributed by atoms with Gasteiger partial charge in [0.25, 0.3) is 11.3 Å². The molecule has 3 aromatic heterocycles. The van der Waals surface area contributed by atoms with Crippen LogP contribution < -0.4 is 5.56 Å². The van der Waals surface area contributed by atoms with Gasteiger partial charge in [-0.3, -0.25) is 4.79 Å². The van der Waals surface area contributed by atoms with E-state index in [4.69, 9.17) is 4.74 Å². The van der Waals surface area contributed by atoms with Gasteiger partial charge in [-0.05, 0) is 19.9 Å². The zero-order valence-electron chi connectivity index (χ0n) is 12.6. The summed E-state index contributed by atoms with van der Waals surface area (Å²) in [7, 11) is 1.56. The number of aromatic nitrogens is 5. The van der Waals surface area contributed by atoms with Crippen LogP contribution in [0.2, 0.25) is 0 Å². The molecular formula is C14H17N5O3. The minimum atomic E-state index is -0.691. The Kier molecular flexibility index (Phi) is 3.42. The highest BCUT2D eigenvalue weighted by atomic mass is 16.5. The summed E-state index contributed by atoms with van der Waals surface area (Å²) in [5.41, 5.74) is -0.298. The van der Waals surface area contributed by atoms with Crippen LogP contribution in [0.3, 0.4) is 0 Å². The molecule has 116 valence electrons. The number of nitrogens with zero attached hydrogens (tertiary/aromatic N) is 5. The summed E-state index contributed by atoms with van der Waals surface area (Å²) < 4.78 is 8.04. The van der Waals surface area contributed by atoms with E-state index in [0.717, 1.165) is 0 Å². The standard InChI is InChI=1S/C14H17N5O3/c1-14(2,8-20)18-5-4-10-9(12(18)21)6-15-13-16-11(7-22-3)17-19(10)13/h4-6,20H,7-8H2,1-3H3. The maximum atomic E-state index is 12.6. The molecule has 0 aliphatic rings. The maximum absolute atomic E-state index is 12.6. The molecular weight excluding hydrogens is 286 g/mol. The zero-order chi connectivity index (χ0) is 15.9. The largest absolute Gasteiger partial charge is 0.394 e. The van der Waals surface area contributed by atoms with Gasteiger partial charge in [0.2, 0.25) is 0 Å². The fourth-order valence-electron chi connectivity index (χ4n) is 2.30. The third kappa shape index (κ3) is 2.16. The Labute approximate surface area is 126 Å². The number of aliphatic hydroxyl groups is 1. The van der Waals surface area contributed by atoms with Gasteiger partial charge >= 0.3 is 0 Å². The van der Waals surface area contributed by atoms with E-state index < -0.39 is 5.54 Å². The molecule has 3 rings (SSSR count). The van der Waals surface area contributed by atoms with Crippen molar-refractivity contribution in [2.75, 3.05) is 13.7 Å². The van der Waals surface area contributed by atoms with Gasteiger partial charge < -0.3 is 14.4 Å². The molecule has 0 fully saturated rings. The van der Waals surface area contributed by atoms with Crippen LogP contribution in [0, 0.1) is 0 Å². The molecule has 0 spiro atoms. The Hall–Kier alpha value is -2.32. The Balaban J connectivity index is 2.28. The first-order valence-corrected chi connectivity index (χ1v) is 6.84. The molecule has 3 heterocycles. The van der Waals surface area contributed by atoms with E-state index >= 15 is 0 Å². The van der Waals surface area contributed by atoms with E-state index in [1.54, 1.807) is 33.2 Å². The second-order valence-corrected chi connectivity index (χ2v) is 5.69. The molecule has 22 heavy (non-hydrogen) atoms. The van der Waals surface area contributed by atoms with Crippen LogP contribution in [0.4, 0.5) is 0 Å². The lowest BCUT2D eigenvalue weighted by Crippen LogP contribution is -2.38. The predicted molar refractivity (Wildman–Crippen MR) is 79.7 cm³/mol. The summed E-state index contributed by atoms with van der Waals surface area (Å²) in [5, 5.41) is 14.2. The van der Waals surface area contributed by atoms with Crippen molar-refractivity contribution in [2.24, 2.45) is 0 Å². The van der Waals surface area contributed by atoms with Crippen molar-refractivity contribution < 1.29 is 9.84 Å². The average molecular weight is 303 g/mol. The lowest BCUT2D eigenvalue weighted by molar-refractivity contribution is 0.161. The van der Waals surface area contributed by atoms with Crippen LogP contribution in [-0.4, -0.2) is 43.0 Å². The van der Waals surface area contributed by atoms with Gasteiger partial charge in [0, 0.05) is 19.5 Å². The Morgan fingerprint density at radius 1 is 1.41 bits per heavy atom. The van der Waals surface area contributed by atoms with Crippen molar-refractivity contribution >= 4 is 16.7 Å². The normalized spacial score (nSPS) is 12.4. The number of pyridine rings is 1. The number of methoxy groups -OCH3 is 1. The minimum Gasteiger partial charge on any atom is -0.394 e. The van der Waals surface area contributed by atoms with Gasteiger partial charge in [0.15, 0.2) is 5.82 Å². The van der Waals surface area contributed by atoms with Gasteiger partial charge in [-0.1, -0.05) is 0 Å². The van der Waals surface area contributed by atoms with Crippen molar-refractivity contribution in [1.29, 1.82) is 0 Å². The molecule has 0 amide bonds. The fraction of sp³-hybridized carbons (Fsp3) is 0.429. The van der Waals surface area contributed by atoms with E-state index in [1.165, 1.54) is 15.3 Å². The van der Waals surface area contributed by atoms with Crippen LogP contribution >= 0.6 is 0 Å². The molecule has 0 unspecified atom stereocenters. The van der Waals surface area contributed by atoms with Crippen molar-refractivity contribution in [2.45, 2.75) is 26.0 Å². The van der Waals surface area contributed by atoms with Crippen molar-refractivity contribution in [3.8, 4) is 0 Å². The van der Waals surface area contributed by atoms with E-state index in [2.05, 4.69) is 15.1 Å². The quantitative estimate of drug-likeness (QED) is 0.745. The number of rotatable bonds is 4. The second-order valence-electron chi connectivity index (χ2n) is 5.69. The van der Waals surface area contributed by atoms with E-state index in [1.807, 2.05) is 0 Å². The Bertz CT molecular complexity index is 897. The maximum Gasteiger partial charge on any atom is 0.262 e. The monoisotopic (exact) mass is 303 g/mol. The first kappa shape index (κ1) is 14.6. The Morgan fingerprint density at radius 3 is 2.86 bits per heavy atom. The van der Waals surface area contributed by atoms with Gasteiger partial charge in [-0.15, -0.1) is 5.10 Å². The van der Waals surface area contributed by atoms with Crippen LogP contribution in [0.25, 0.3) is 16.7 Å². The SMILES string of the molecule is COCc1nc2ncc3c(=O)n(C(C)(C)CO)ccc3n2n1. The molecule has 3 aromatic rings. The van der Waals surface area contributed by atoms with Crippen LogP contribution in [0.5, 0.6) is 0 Å². The molecule has 8 nitrogen and oxygen atoms in total. The number of ether oxygens (including phenoxy) is 1. The highest BCUT2D eigenvalue weighted by molar-refractivity contribution is 5.78. The van der Waals surface area contributed by atoms with Gasteiger partial charge in [-0.25, -0.2) is 4.98 Å². The Morgan fingerprint density at radius 2 is 2.18 bits per heavy atom. The fourth-order valence-corrected chi connectivity index (χ4v) is 2.30.